The summed E-state index contributed by atoms with van der Waals surface area (Å²) in [5.41, 5.74) is -0.631. The van der Waals surface area contributed by atoms with Crippen molar-refractivity contribution in [2.45, 2.75) is 39.3 Å². The van der Waals surface area contributed by atoms with E-state index in [9.17, 15) is 14.4 Å². The van der Waals surface area contributed by atoms with Crippen LogP contribution in [0, 0.1) is 0 Å². The summed E-state index contributed by atoms with van der Waals surface area (Å²) in [7, 11) is 0. The fourth-order valence-corrected chi connectivity index (χ4v) is 1.86. The molecule has 0 spiro atoms. The van der Waals surface area contributed by atoms with Crippen LogP contribution in [0.1, 0.15) is 27.7 Å². The number of aliphatic carboxylic acids is 1. The lowest BCUT2D eigenvalue weighted by molar-refractivity contribution is -0.152. The standard InChI is InChI=1S/C12H20N2O5/c1-8(15)14-6-5-13(7-9(14)10(16)17)11(18)19-12(2,3)4/h9H,5-7H2,1-4H3,(H,16,17)/t9-/m1/s1. The molecule has 1 saturated heterocycles. The molecule has 1 N–H and O–H groups in total. The summed E-state index contributed by atoms with van der Waals surface area (Å²) in [6, 6.07) is -1.02. The van der Waals surface area contributed by atoms with Crippen molar-refractivity contribution in [2.24, 2.45) is 0 Å². The third-order valence-electron chi connectivity index (χ3n) is 2.72. The first kappa shape index (κ1) is 15.3. The first-order chi connectivity index (χ1) is 8.61. The fourth-order valence-electron chi connectivity index (χ4n) is 1.86. The Morgan fingerprint density at radius 2 is 1.79 bits per heavy atom. The van der Waals surface area contributed by atoms with Gasteiger partial charge in [-0.05, 0) is 20.8 Å². The third kappa shape index (κ3) is 4.11. The maximum atomic E-state index is 11.9. The topological polar surface area (TPSA) is 87.2 Å². The van der Waals surface area contributed by atoms with E-state index in [4.69, 9.17) is 9.84 Å². The third-order valence-corrected chi connectivity index (χ3v) is 2.72. The van der Waals surface area contributed by atoms with Gasteiger partial charge in [-0.25, -0.2) is 9.59 Å². The lowest BCUT2D eigenvalue weighted by Gasteiger charge is -2.39. The van der Waals surface area contributed by atoms with Crippen LogP contribution in [0.15, 0.2) is 0 Å². The van der Waals surface area contributed by atoms with Crippen molar-refractivity contribution in [3.05, 3.63) is 0 Å². The number of piperazine rings is 1. The first-order valence-electron chi connectivity index (χ1n) is 6.10. The number of carbonyl (C=O) groups excluding carboxylic acids is 2. The Hall–Kier alpha value is -1.79. The van der Waals surface area contributed by atoms with Gasteiger partial charge in [0.1, 0.15) is 11.6 Å². The van der Waals surface area contributed by atoms with Crippen molar-refractivity contribution in [2.75, 3.05) is 19.6 Å². The second-order valence-electron chi connectivity index (χ2n) is 5.49. The van der Waals surface area contributed by atoms with Crippen LogP contribution in [0.25, 0.3) is 0 Å². The number of carboxylic acid groups (broad SMARTS) is 1. The van der Waals surface area contributed by atoms with Gasteiger partial charge in [0.05, 0.1) is 6.54 Å². The quantitative estimate of drug-likeness (QED) is 0.752. The summed E-state index contributed by atoms with van der Waals surface area (Å²) in [4.78, 5) is 36.9. The van der Waals surface area contributed by atoms with E-state index in [1.807, 2.05) is 0 Å². The number of rotatable bonds is 1. The molecule has 1 aliphatic heterocycles. The molecule has 1 fully saturated rings. The monoisotopic (exact) mass is 272 g/mol. The van der Waals surface area contributed by atoms with Gasteiger partial charge in [-0.1, -0.05) is 0 Å². The molecule has 0 aromatic carbocycles. The smallest absolute Gasteiger partial charge is 0.410 e. The molecule has 1 rings (SSSR count). The number of hydrogen-bond acceptors (Lipinski definition) is 4. The molecule has 0 saturated carbocycles. The highest BCUT2D eigenvalue weighted by molar-refractivity contribution is 5.83. The summed E-state index contributed by atoms with van der Waals surface area (Å²) < 4.78 is 5.19. The summed E-state index contributed by atoms with van der Waals surface area (Å²) in [5.74, 6) is -1.43. The molecule has 1 aliphatic rings. The molecule has 0 aromatic rings. The summed E-state index contributed by atoms with van der Waals surface area (Å²) >= 11 is 0. The highest BCUT2D eigenvalue weighted by Gasteiger charge is 2.36. The van der Waals surface area contributed by atoms with Gasteiger partial charge in [-0.3, -0.25) is 4.79 Å². The zero-order valence-corrected chi connectivity index (χ0v) is 11.7. The SMILES string of the molecule is CC(=O)N1CCN(C(=O)OC(C)(C)C)C[C@@H]1C(=O)O. The van der Waals surface area contributed by atoms with Crippen LogP contribution in [0.4, 0.5) is 4.79 Å². The van der Waals surface area contributed by atoms with E-state index >= 15 is 0 Å². The van der Waals surface area contributed by atoms with Crippen molar-refractivity contribution < 1.29 is 24.2 Å². The van der Waals surface area contributed by atoms with Crippen LogP contribution in [0.2, 0.25) is 0 Å². The maximum Gasteiger partial charge on any atom is 0.410 e. The lowest BCUT2D eigenvalue weighted by atomic mass is 10.1. The van der Waals surface area contributed by atoms with Gasteiger partial charge in [0.15, 0.2) is 0 Å². The van der Waals surface area contributed by atoms with Gasteiger partial charge >= 0.3 is 12.1 Å². The second kappa shape index (κ2) is 5.46. The van der Waals surface area contributed by atoms with Gasteiger partial charge in [0, 0.05) is 20.0 Å². The average Bonchev–Trinajstić information content (AvgIpc) is 2.25. The minimum atomic E-state index is -1.12. The Morgan fingerprint density at radius 3 is 2.21 bits per heavy atom. The summed E-state index contributed by atoms with van der Waals surface area (Å²) in [6.45, 7) is 6.97. The maximum absolute atomic E-state index is 11.9. The molecule has 1 heterocycles. The minimum absolute atomic E-state index is 0.0518. The Labute approximate surface area is 112 Å². The molecule has 0 unspecified atom stereocenters. The number of hydrogen-bond donors (Lipinski definition) is 1. The van der Waals surface area contributed by atoms with E-state index in [1.165, 1.54) is 16.7 Å². The number of amides is 2. The van der Waals surface area contributed by atoms with Crippen molar-refractivity contribution in [3.63, 3.8) is 0 Å². The van der Waals surface area contributed by atoms with E-state index in [-0.39, 0.29) is 25.5 Å². The van der Waals surface area contributed by atoms with Gasteiger partial charge in [0.2, 0.25) is 5.91 Å². The number of ether oxygens (including phenoxy) is 1. The van der Waals surface area contributed by atoms with Crippen LogP contribution in [0.3, 0.4) is 0 Å². The van der Waals surface area contributed by atoms with E-state index in [2.05, 4.69) is 0 Å². The molecule has 0 aromatic heterocycles. The highest BCUT2D eigenvalue weighted by atomic mass is 16.6. The molecule has 108 valence electrons. The fraction of sp³-hybridized carbons (Fsp3) is 0.750. The molecule has 0 aliphatic carbocycles. The number of carboxylic acids is 1. The largest absolute Gasteiger partial charge is 0.480 e. The van der Waals surface area contributed by atoms with Crippen molar-refractivity contribution in [1.82, 2.24) is 9.80 Å². The predicted molar refractivity (Wildman–Crippen MR) is 66.6 cm³/mol. The van der Waals surface area contributed by atoms with Crippen LogP contribution in [-0.4, -0.2) is 64.2 Å². The highest BCUT2D eigenvalue weighted by Crippen LogP contribution is 2.15. The zero-order valence-electron chi connectivity index (χ0n) is 11.7. The van der Waals surface area contributed by atoms with Crippen molar-refractivity contribution >= 4 is 18.0 Å². The average molecular weight is 272 g/mol. The number of nitrogens with zero attached hydrogens (tertiary/aromatic N) is 2. The Balaban J connectivity index is 2.74. The van der Waals surface area contributed by atoms with Gasteiger partial charge in [0.25, 0.3) is 0 Å². The Morgan fingerprint density at radius 1 is 1.21 bits per heavy atom. The predicted octanol–water partition coefficient (Wildman–Crippen LogP) is 0.539. The molecular formula is C12H20N2O5. The van der Waals surface area contributed by atoms with Crippen LogP contribution in [0.5, 0.6) is 0 Å². The summed E-state index contributed by atoms with van der Waals surface area (Å²) in [6.07, 6.45) is -0.554. The molecular weight excluding hydrogens is 252 g/mol. The van der Waals surface area contributed by atoms with Crippen LogP contribution in [-0.2, 0) is 14.3 Å². The second-order valence-corrected chi connectivity index (χ2v) is 5.49. The molecule has 19 heavy (non-hydrogen) atoms. The van der Waals surface area contributed by atoms with Crippen molar-refractivity contribution in [3.8, 4) is 0 Å². The van der Waals surface area contributed by atoms with Crippen molar-refractivity contribution in [1.29, 1.82) is 0 Å². The Kier molecular flexibility index (Phi) is 4.39. The molecule has 1 atom stereocenters. The normalized spacial score (nSPS) is 20.1. The van der Waals surface area contributed by atoms with E-state index in [1.54, 1.807) is 20.8 Å². The molecule has 0 radical (unpaired) electrons. The van der Waals surface area contributed by atoms with E-state index in [0.29, 0.717) is 0 Å². The molecule has 2 amide bonds. The van der Waals surface area contributed by atoms with Gasteiger partial charge in [-0.15, -0.1) is 0 Å². The van der Waals surface area contributed by atoms with Crippen LogP contribution >= 0.6 is 0 Å². The molecule has 7 heteroatoms. The number of carbonyl (C=O) groups is 3. The minimum Gasteiger partial charge on any atom is -0.480 e. The molecule has 0 bridgehead atoms. The molecule has 7 nitrogen and oxygen atoms in total. The van der Waals surface area contributed by atoms with E-state index in [0.717, 1.165) is 0 Å². The van der Waals surface area contributed by atoms with Gasteiger partial charge < -0.3 is 19.6 Å². The van der Waals surface area contributed by atoms with Gasteiger partial charge in [-0.2, -0.15) is 0 Å². The zero-order chi connectivity index (χ0) is 14.8. The van der Waals surface area contributed by atoms with Crippen LogP contribution < -0.4 is 0 Å². The first-order valence-corrected chi connectivity index (χ1v) is 6.10. The lowest BCUT2D eigenvalue weighted by Crippen LogP contribution is -2.59. The summed E-state index contributed by atoms with van der Waals surface area (Å²) in [5, 5.41) is 9.12. The van der Waals surface area contributed by atoms with E-state index < -0.39 is 23.7 Å². The Bertz CT molecular complexity index is 388.